The number of amides is 2. The average Bonchev–Trinajstić information content (AvgIpc) is 2.36. The number of carbonyl (C=O) groups is 2. The Kier molecular flexibility index (Phi) is 10.1. The molecule has 0 saturated heterocycles. The van der Waals surface area contributed by atoms with Gasteiger partial charge in [0.1, 0.15) is 6.04 Å². The molecule has 0 bridgehead atoms. The molecule has 6 nitrogen and oxygen atoms in total. The first-order valence-electron chi connectivity index (χ1n) is 6.77. The van der Waals surface area contributed by atoms with Crippen molar-refractivity contribution < 1.29 is 14.3 Å². The number of nitrogens with two attached hydrogens (primary N) is 1. The van der Waals surface area contributed by atoms with E-state index in [1.165, 1.54) is 0 Å². The van der Waals surface area contributed by atoms with Crippen LogP contribution in [-0.2, 0) is 14.3 Å². The van der Waals surface area contributed by atoms with Crippen molar-refractivity contribution in [3.63, 3.8) is 0 Å². The highest BCUT2D eigenvalue weighted by Gasteiger charge is 2.15. The van der Waals surface area contributed by atoms with E-state index in [1.54, 1.807) is 14.0 Å². The Balaban J connectivity index is 3.81. The maximum absolute atomic E-state index is 11.6. The molecule has 0 fully saturated rings. The van der Waals surface area contributed by atoms with Crippen molar-refractivity contribution in [3.8, 4) is 0 Å². The highest BCUT2D eigenvalue weighted by molar-refractivity contribution is 5.87. The Labute approximate surface area is 115 Å². The van der Waals surface area contributed by atoms with Gasteiger partial charge >= 0.3 is 0 Å². The van der Waals surface area contributed by atoms with Crippen LogP contribution >= 0.6 is 0 Å². The molecule has 0 aliphatic rings. The minimum Gasteiger partial charge on any atom is -0.383 e. The van der Waals surface area contributed by atoms with E-state index in [-0.39, 0.29) is 11.8 Å². The molecule has 0 rings (SSSR count). The maximum atomic E-state index is 11.6. The predicted molar refractivity (Wildman–Crippen MR) is 74.6 cm³/mol. The third-order valence-electron chi connectivity index (χ3n) is 2.90. The quantitative estimate of drug-likeness (QED) is 0.489. The van der Waals surface area contributed by atoms with Crippen LogP contribution in [0.15, 0.2) is 0 Å². The predicted octanol–water partition coefficient (Wildman–Crippen LogP) is 0.0188. The third kappa shape index (κ3) is 9.44. The molecule has 0 heterocycles. The number of hydrogen-bond donors (Lipinski definition) is 3. The Hall–Kier alpha value is -1.14. The molecule has 6 heteroatoms. The molecule has 0 radical (unpaired) electrons. The summed E-state index contributed by atoms with van der Waals surface area (Å²) in [6, 6.07) is -0.519. The van der Waals surface area contributed by atoms with Crippen molar-refractivity contribution >= 4 is 11.8 Å². The summed E-state index contributed by atoms with van der Waals surface area (Å²) in [6.07, 6.45) is 2.14. The van der Waals surface area contributed by atoms with E-state index < -0.39 is 6.04 Å². The van der Waals surface area contributed by atoms with Crippen LogP contribution in [-0.4, -0.2) is 44.7 Å². The van der Waals surface area contributed by atoms with Gasteiger partial charge in [0.15, 0.2) is 0 Å². The first kappa shape index (κ1) is 17.9. The van der Waals surface area contributed by atoms with E-state index in [9.17, 15) is 9.59 Å². The van der Waals surface area contributed by atoms with Crippen molar-refractivity contribution in [1.82, 2.24) is 10.6 Å². The lowest BCUT2D eigenvalue weighted by Gasteiger charge is -2.15. The summed E-state index contributed by atoms with van der Waals surface area (Å²) < 4.78 is 4.83. The molecule has 0 aliphatic heterocycles. The number of ether oxygens (including phenoxy) is 1. The standard InChI is InChI=1S/C13H27N3O3/c1-10(6-7-14)4-5-12(17)16-11(2)13(18)15-8-9-19-3/h10-11H,4-9,14H2,1-3H3,(H,15,18)(H,16,17). The Morgan fingerprint density at radius 1 is 1.26 bits per heavy atom. The van der Waals surface area contributed by atoms with Gasteiger partial charge in [-0.1, -0.05) is 6.92 Å². The van der Waals surface area contributed by atoms with Crippen LogP contribution in [0.25, 0.3) is 0 Å². The van der Waals surface area contributed by atoms with E-state index in [0.717, 1.165) is 12.8 Å². The van der Waals surface area contributed by atoms with Crippen LogP contribution < -0.4 is 16.4 Å². The summed E-state index contributed by atoms with van der Waals surface area (Å²) in [5.41, 5.74) is 5.45. The summed E-state index contributed by atoms with van der Waals surface area (Å²) in [5.74, 6) is 0.139. The van der Waals surface area contributed by atoms with Gasteiger partial charge in [0.25, 0.3) is 0 Å². The molecular weight excluding hydrogens is 246 g/mol. The molecule has 2 amide bonds. The monoisotopic (exact) mass is 273 g/mol. The number of carbonyl (C=O) groups excluding carboxylic acids is 2. The lowest BCUT2D eigenvalue weighted by molar-refractivity contribution is -0.128. The zero-order valence-electron chi connectivity index (χ0n) is 12.2. The van der Waals surface area contributed by atoms with Crippen LogP contribution in [0.3, 0.4) is 0 Å². The zero-order chi connectivity index (χ0) is 14.7. The van der Waals surface area contributed by atoms with Crippen molar-refractivity contribution in [2.45, 2.75) is 39.2 Å². The second-order valence-electron chi connectivity index (χ2n) is 4.79. The largest absolute Gasteiger partial charge is 0.383 e. The van der Waals surface area contributed by atoms with Crippen LogP contribution in [0, 0.1) is 5.92 Å². The smallest absolute Gasteiger partial charge is 0.242 e. The molecule has 0 aromatic rings. The number of nitrogens with one attached hydrogen (secondary N) is 2. The normalized spacial score (nSPS) is 13.7. The van der Waals surface area contributed by atoms with E-state index in [2.05, 4.69) is 17.6 Å². The minimum atomic E-state index is -0.519. The topological polar surface area (TPSA) is 93.5 Å². The first-order chi connectivity index (χ1) is 9.01. The molecule has 0 aliphatic carbocycles. The lowest BCUT2D eigenvalue weighted by atomic mass is 10.0. The number of rotatable bonds is 10. The Bertz CT molecular complexity index is 272. The van der Waals surface area contributed by atoms with Gasteiger partial charge in [-0.25, -0.2) is 0 Å². The maximum Gasteiger partial charge on any atom is 0.242 e. The van der Waals surface area contributed by atoms with Crippen molar-refractivity contribution in [1.29, 1.82) is 0 Å². The summed E-state index contributed by atoms with van der Waals surface area (Å²) in [5, 5.41) is 5.36. The fourth-order valence-corrected chi connectivity index (χ4v) is 1.61. The van der Waals surface area contributed by atoms with E-state index in [0.29, 0.717) is 32.0 Å². The van der Waals surface area contributed by atoms with E-state index in [4.69, 9.17) is 10.5 Å². The average molecular weight is 273 g/mol. The Morgan fingerprint density at radius 3 is 2.53 bits per heavy atom. The molecular formula is C13H27N3O3. The molecule has 4 N–H and O–H groups in total. The van der Waals surface area contributed by atoms with Crippen LogP contribution in [0.2, 0.25) is 0 Å². The molecule has 2 unspecified atom stereocenters. The van der Waals surface area contributed by atoms with Crippen molar-refractivity contribution in [3.05, 3.63) is 0 Å². The van der Waals surface area contributed by atoms with Gasteiger partial charge in [-0.15, -0.1) is 0 Å². The Morgan fingerprint density at radius 2 is 1.95 bits per heavy atom. The van der Waals surface area contributed by atoms with E-state index in [1.807, 2.05) is 0 Å². The first-order valence-corrected chi connectivity index (χ1v) is 6.77. The van der Waals surface area contributed by atoms with Gasteiger partial charge in [0, 0.05) is 20.1 Å². The number of hydrogen-bond acceptors (Lipinski definition) is 4. The fourth-order valence-electron chi connectivity index (χ4n) is 1.61. The molecule has 0 spiro atoms. The van der Waals surface area contributed by atoms with Crippen LogP contribution in [0.5, 0.6) is 0 Å². The van der Waals surface area contributed by atoms with Crippen molar-refractivity contribution in [2.75, 3.05) is 26.8 Å². The SMILES string of the molecule is COCCNC(=O)C(C)NC(=O)CCC(C)CCN. The molecule has 0 aromatic carbocycles. The molecule has 112 valence electrons. The summed E-state index contributed by atoms with van der Waals surface area (Å²) in [6.45, 7) is 5.29. The van der Waals surface area contributed by atoms with Gasteiger partial charge in [-0.3, -0.25) is 9.59 Å². The van der Waals surface area contributed by atoms with Crippen molar-refractivity contribution in [2.24, 2.45) is 11.7 Å². The fraction of sp³-hybridized carbons (Fsp3) is 0.846. The zero-order valence-corrected chi connectivity index (χ0v) is 12.2. The van der Waals surface area contributed by atoms with Gasteiger partial charge in [0.2, 0.25) is 11.8 Å². The summed E-state index contributed by atoms with van der Waals surface area (Å²) in [4.78, 5) is 23.2. The number of methoxy groups -OCH3 is 1. The highest BCUT2D eigenvalue weighted by Crippen LogP contribution is 2.08. The van der Waals surface area contributed by atoms with E-state index >= 15 is 0 Å². The second kappa shape index (κ2) is 10.8. The molecule has 2 atom stereocenters. The summed E-state index contributed by atoms with van der Waals surface area (Å²) in [7, 11) is 1.57. The molecule has 0 aromatic heterocycles. The van der Waals surface area contributed by atoms with Gasteiger partial charge in [-0.2, -0.15) is 0 Å². The second-order valence-corrected chi connectivity index (χ2v) is 4.79. The molecule has 0 saturated carbocycles. The van der Waals surface area contributed by atoms with Crippen LogP contribution in [0.1, 0.15) is 33.1 Å². The lowest BCUT2D eigenvalue weighted by Crippen LogP contribution is -2.45. The van der Waals surface area contributed by atoms with Crippen LogP contribution in [0.4, 0.5) is 0 Å². The third-order valence-corrected chi connectivity index (χ3v) is 2.90. The van der Waals surface area contributed by atoms with Gasteiger partial charge < -0.3 is 21.1 Å². The van der Waals surface area contributed by atoms with Gasteiger partial charge in [0.05, 0.1) is 6.61 Å². The minimum absolute atomic E-state index is 0.0988. The molecule has 19 heavy (non-hydrogen) atoms. The highest BCUT2D eigenvalue weighted by atomic mass is 16.5. The van der Waals surface area contributed by atoms with Gasteiger partial charge in [-0.05, 0) is 32.2 Å². The summed E-state index contributed by atoms with van der Waals surface area (Å²) >= 11 is 0.